The lowest BCUT2D eigenvalue weighted by Gasteiger charge is -2.17. The fourth-order valence-corrected chi connectivity index (χ4v) is 3.48. The molecule has 5 heteroatoms. The highest BCUT2D eigenvalue weighted by Crippen LogP contribution is 2.47. The molecule has 4 nitrogen and oxygen atoms in total. The van der Waals surface area contributed by atoms with Crippen molar-refractivity contribution in [3.05, 3.63) is 29.3 Å². The van der Waals surface area contributed by atoms with Crippen LogP contribution in [-0.2, 0) is 13.6 Å². The lowest BCUT2D eigenvalue weighted by atomic mass is 10.1. The number of aryl methyl sites for hydroxylation is 2. The first-order valence-corrected chi connectivity index (χ1v) is 8.42. The molecule has 0 bridgehead atoms. The second kappa shape index (κ2) is 7.68. The molecule has 0 fully saturated rings. The van der Waals surface area contributed by atoms with Crippen molar-refractivity contribution in [2.45, 2.75) is 27.7 Å². The molecule has 0 radical (unpaired) electrons. The minimum atomic E-state index is -2.94. The van der Waals surface area contributed by atoms with Gasteiger partial charge in [0.15, 0.2) is 0 Å². The summed E-state index contributed by atoms with van der Waals surface area (Å²) < 4.78 is 22.8. The molecule has 0 unspecified atom stereocenters. The van der Waals surface area contributed by atoms with Crippen LogP contribution in [0.25, 0.3) is 0 Å². The smallest absolute Gasteiger partial charge is 0.332 e. The monoisotopic (exact) mass is 285 g/mol. The van der Waals surface area contributed by atoms with Gasteiger partial charge >= 0.3 is 7.60 Å². The van der Waals surface area contributed by atoms with Crippen LogP contribution < -0.4 is 5.32 Å². The molecule has 0 spiro atoms. The van der Waals surface area contributed by atoms with Crippen molar-refractivity contribution in [2.24, 2.45) is 0 Å². The van der Waals surface area contributed by atoms with Crippen molar-refractivity contribution in [1.82, 2.24) is 0 Å². The third-order valence-corrected chi connectivity index (χ3v) is 4.66. The summed E-state index contributed by atoms with van der Waals surface area (Å²) in [4.78, 5) is 0. The van der Waals surface area contributed by atoms with Crippen LogP contribution in [0.3, 0.4) is 0 Å². The molecule has 0 aromatic heterocycles. The average Bonchev–Trinajstić information content (AvgIpc) is 2.28. The fourth-order valence-electron chi connectivity index (χ4n) is 1.97. The van der Waals surface area contributed by atoms with Gasteiger partial charge in [-0.1, -0.05) is 6.07 Å². The predicted octanol–water partition coefficient (Wildman–Crippen LogP) is 3.98. The van der Waals surface area contributed by atoms with E-state index in [1.165, 1.54) is 11.1 Å². The predicted molar refractivity (Wildman–Crippen MR) is 80.1 cm³/mol. The maximum atomic E-state index is 12.3. The Balaban J connectivity index is 2.54. The van der Waals surface area contributed by atoms with Crippen molar-refractivity contribution in [1.29, 1.82) is 0 Å². The Bertz CT molecular complexity index is 418. The standard InChI is InChI=1S/C14H24NO3P/c1-5-17-19(16,18-6-2)8-7-15-14-10-12(3)9-13(4)11-14/h9-11,15H,5-8H2,1-4H3. The Morgan fingerprint density at radius 1 is 1.05 bits per heavy atom. The van der Waals surface area contributed by atoms with E-state index in [4.69, 9.17) is 9.05 Å². The summed E-state index contributed by atoms with van der Waals surface area (Å²) in [5, 5.41) is 3.27. The highest BCUT2D eigenvalue weighted by molar-refractivity contribution is 7.53. The van der Waals surface area contributed by atoms with Crippen LogP contribution in [0.1, 0.15) is 25.0 Å². The second-order valence-corrected chi connectivity index (χ2v) is 6.66. The number of rotatable bonds is 8. The van der Waals surface area contributed by atoms with Crippen LogP contribution in [-0.4, -0.2) is 25.9 Å². The Labute approximate surface area is 116 Å². The highest BCUT2D eigenvalue weighted by atomic mass is 31.2. The maximum Gasteiger partial charge on any atom is 0.332 e. The molecule has 0 aliphatic heterocycles. The third-order valence-electron chi connectivity index (χ3n) is 2.59. The zero-order chi connectivity index (χ0) is 14.3. The largest absolute Gasteiger partial charge is 0.384 e. The molecule has 0 aliphatic carbocycles. The maximum absolute atomic E-state index is 12.3. The zero-order valence-electron chi connectivity index (χ0n) is 12.2. The molecular formula is C14H24NO3P. The molecule has 0 amide bonds. The second-order valence-electron chi connectivity index (χ2n) is 4.47. The van der Waals surface area contributed by atoms with Crippen LogP contribution >= 0.6 is 7.60 Å². The molecule has 1 rings (SSSR count). The highest BCUT2D eigenvalue weighted by Gasteiger charge is 2.22. The van der Waals surface area contributed by atoms with Gasteiger partial charge in [-0.25, -0.2) is 0 Å². The van der Waals surface area contributed by atoms with E-state index in [-0.39, 0.29) is 0 Å². The molecule has 1 aromatic rings. The first-order valence-electron chi connectivity index (χ1n) is 6.69. The Kier molecular flexibility index (Phi) is 6.56. The summed E-state index contributed by atoms with van der Waals surface area (Å²) in [6.45, 7) is 9.14. The summed E-state index contributed by atoms with van der Waals surface area (Å²) in [5.74, 6) is 0. The van der Waals surface area contributed by atoms with Crippen LogP contribution in [0.4, 0.5) is 5.69 Å². The van der Waals surface area contributed by atoms with Crippen molar-refractivity contribution < 1.29 is 13.6 Å². The SMILES string of the molecule is CCOP(=O)(CCNc1cc(C)cc(C)c1)OCC. The lowest BCUT2D eigenvalue weighted by Crippen LogP contribution is -2.10. The fraction of sp³-hybridized carbons (Fsp3) is 0.571. The van der Waals surface area contributed by atoms with Crippen molar-refractivity contribution in [2.75, 3.05) is 31.2 Å². The van der Waals surface area contributed by atoms with E-state index >= 15 is 0 Å². The van der Waals surface area contributed by atoms with E-state index in [0.717, 1.165) is 5.69 Å². The molecule has 0 saturated heterocycles. The van der Waals surface area contributed by atoms with Crippen LogP contribution in [0.2, 0.25) is 0 Å². The summed E-state index contributed by atoms with van der Waals surface area (Å²) in [6.07, 6.45) is 0.377. The zero-order valence-corrected chi connectivity index (χ0v) is 13.1. The molecule has 19 heavy (non-hydrogen) atoms. The quantitative estimate of drug-likeness (QED) is 0.734. The minimum absolute atomic E-state index is 0.377. The molecule has 1 N–H and O–H groups in total. The Hall–Kier alpha value is -0.830. The number of benzene rings is 1. The Morgan fingerprint density at radius 3 is 2.05 bits per heavy atom. The summed E-state index contributed by atoms with van der Waals surface area (Å²) in [6, 6.07) is 6.26. The van der Waals surface area contributed by atoms with Gasteiger partial charge in [0.05, 0.1) is 19.4 Å². The number of anilines is 1. The summed E-state index contributed by atoms with van der Waals surface area (Å²) in [7, 11) is -2.94. The number of hydrogen-bond acceptors (Lipinski definition) is 4. The van der Waals surface area contributed by atoms with E-state index in [1.54, 1.807) is 0 Å². The van der Waals surface area contributed by atoms with Crippen molar-refractivity contribution >= 4 is 13.3 Å². The van der Waals surface area contributed by atoms with Crippen LogP contribution in [0.5, 0.6) is 0 Å². The minimum Gasteiger partial charge on any atom is -0.384 e. The molecule has 108 valence electrons. The van der Waals surface area contributed by atoms with E-state index < -0.39 is 7.60 Å². The lowest BCUT2D eigenvalue weighted by molar-refractivity contribution is 0.221. The van der Waals surface area contributed by atoms with Crippen LogP contribution in [0, 0.1) is 13.8 Å². The van der Waals surface area contributed by atoms with Gasteiger partial charge in [0.25, 0.3) is 0 Å². The molecule has 1 aromatic carbocycles. The topological polar surface area (TPSA) is 47.6 Å². The van der Waals surface area contributed by atoms with E-state index in [2.05, 4.69) is 37.4 Å². The Morgan fingerprint density at radius 2 is 1.58 bits per heavy atom. The molecule has 0 saturated carbocycles. The summed E-state index contributed by atoms with van der Waals surface area (Å²) >= 11 is 0. The first kappa shape index (κ1) is 16.2. The van der Waals surface area contributed by atoms with Gasteiger partial charge in [-0.3, -0.25) is 4.57 Å². The van der Waals surface area contributed by atoms with Gasteiger partial charge in [-0.05, 0) is 51.0 Å². The van der Waals surface area contributed by atoms with Gasteiger partial charge in [-0.2, -0.15) is 0 Å². The number of hydrogen-bond donors (Lipinski definition) is 1. The molecule has 0 heterocycles. The average molecular weight is 285 g/mol. The normalized spacial score (nSPS) is 11.6. The molecule has 0 aliphatic rings. The van der Waals surface area contributed by atoms with Gasteiger partial charge < -0.3 is 14.4 Å². The molecule has 0 atom stereocenters. The van der Waals surface area contributed by atoms with E-state index in [0.29, 0.717) is 25.9 Å². The van der Waals surface area contributed by atoms with Crippen molar-refractivity contribution in [3.8, 4) is 0 Å². The third kappa shape index (κ3) is 5.77. The van der Waals surface area contributed by atoms with Gasteiger partial charge in [-0.15, -0.1) is 0 Å². The van der Waals surface area contributed by atoms with Gasteiger partial charge in [0, 0.05) is 12.2 Å². The first-order chi connectivity index (χ1) is 8.99. The summed E-state index contributed by atoms with van der Waals surface area (Å²) in [5.41, 5.74) is 3.46. The van der Waals surface area contributed by atoms with Gasteiger partial charge in [0.1, 0.15) is 0 Å². The van der Waals surface area contributed by atoms with Gasteiger partial charge in [0.2, 0.25) is 0 Å². The van der Waals surface area contributed by atoms with Crippen LogP contribution in [0.15, 0.2) is 18.2 Å². The molecular weight excluding hydrogens is 261 g/mol. The van der Waals surface area contributed by atoms with E-state index in [9.17, 15) is 4.57 Å². The van der Waals surface area contributed by atoms with Crippen molar-refractivity contribution in [3.63, 3.8) is 0 Å². The van der Waals surface area contributed by atoms with E-state index in [1.807, 2.05) is 13.8 Å². The number of nitrogens with one attached hydrogen (secondary N) is 1.